The highest BCUT2D eigenvalue weighted by molar-refractivity contribution is 7.19. The Kier molecular flexibility index (Phi) is 5.60. The third kappa shape index (κ3) is 4.09. The van der Waals surface area contributed by atoms with Gasteiger partial charge in [-0.25, -0.2) is 0 Å². The van der Waals surface area contributed by atoms with Gasteiger partial charge in [-0.2, -0.15) is 5.26 Å². The van der Waals surface area contributed by atoms with Crippen LogP contribution in [0.1, 0.15) is 28.3 Å². The van der Waals surface area contributed by atoms with E-state index in [9.17, 15) is 15.2 Å². The first-order chi connectivity index (χ1) is 16.1. The normalized spacial score (nSPS) is 12.0. The molecule has 2 heterocycles. The van der Waals surface area contributed by atoms with Crippen molar-refractivity contribution in [1.29, 1.82) is 5.26 Å². The summed E-state index contributed by atoms with van der Waals surface area (Å²) in [5, 5.41) is 22.0. The zero-order valence-corrected chi connectivity index (χ0v) is 18.5. The van der Waals surface area contributed by atoms with Gasteiger partial charge in [-0.15, -0.1) is 11.3 Å². The molecule has 1 atom stereocenters. The molecule has 160 valence electrons. The zero-order chi connectivity index (χ0) is 22.8. The van der Waals surface area contributed by atoms with Gasteiger partial charge < -0.3 is 5.11 Å². The molecule has 0 radical (unpaired) electrons. The van der Waals surface area contributed by atoms with Crippen molar-refractivity contribution in [1.82, 2.24) is 4.98 Å². The van der Waals surface area contributed by atoms with Gasteiger partial charge >= 0.3 is 5.97 Å². The van der Waals surface area contributed by atoms with E-state index < -0.39 is 5.97 Å². The summed E-state index contributed by atoms with van der Waals surface area (Å²) in [6.07, 6.45) is 4.44. The van der Waals surface area contributed by atoms with Crippen LogP contribution in [0.15, 0.2) is 85.2 Å². The molecule has 0 aliphatic rings. The van der Waals surface area contributed by atoms with Crippen LogP contribution in [0.3, 0.4) is 0 Å². The summed E-state index contributed by atoms with van der Waals surface area (Å²) in [6, 6.07) is 26.1. The average molecular weight is 449 g/mol. The van der Waals surface area contributed by atoms with E-state index in [4.69, 9.17) is 0 Å². The molecule has 0 bridgehead atoms. The number of carbonyl (C=O) groups is 1. The third-order valence-electron chi connectivity index (χ3n) is 5.92. The maximum absolute atomic E-state index is 11.6. The fourth-order valence-electron chi connectivity index (χ4n) is 4.39. The van der Waals surface area contributed by atoms with Gasteiger partial charge in [0.1, 0.15) is 0 Å². The van der Waals surface area contributed by atoms with Gasteiger partial charge in [0.2, 0.25) is 0 Å². The first kappa shape index (κ1) is 20.9. The fourth-order valence-corrected chi connectivity index (χ4v) is 5.65. The molecule has 0 amide bonds. The molecule has 5 rings (SSSR count). The largest absolute Gasteiger partial charge is 0.481 e. The van der Waals surface area contributed by atoms with E-state index in [1.165, 1.54) is 0 Å². The molecule has 5 aromatic rings. The summed E-state index contributed by atoms with van der Waals surface area (Å²) in [4.78, 5) is 17.2. The van der Waals surface area contributed by atoms with Crippen LogP contribution in [0.25, 0.3) is 32.0 Å². The Balaban J connectivity index is 1.64. The number of carboxylic acid groups (broad SMARTS) is 1. The summed E-state index contributed by atoms with van der Waals surface area (Å²) >= 11 is 1.64. The molecule has 0 unspecified atom stereocenters. The molecular weight excluding hydrogens is 428 g/mol. The molecule has 2 aromatic heterocycles. The number of rotatable bonds is 6. The van der Waals surface area contributed by atoms with Crippen molar-refractivity contribution in [3.05, 3.63) is 101 Å². The Labute approximate surface area is 195 Å². The number of hydrogen-bond acceptors (Lipinski definition) is 4. The van der Waals surface area contributed by atoms with E-state index in [1.54, 1.807) is 11.3 Å². The molecule has 33 heavy (non-hydrogen) atoms. The lowest BCUT2D eigenvalue weighted by Gasteiger charge is -2.13. The zero-order valence-electron chi connectivity index (χ0n) is 17.7. The molecule has 0 spiro atoms. The quantitative estimate of drug-likeness (QED) is 0.310. The van der Waals surface area contributed by atoms with Crippen LogP contribution >= 0.6 is 11.3 Å². The minimum atomic E-state index is -0.801. The lowest BCUT2D eigenvalue weighted by atomic mass is 9.94. The smallest absolute Gasteiger partial charge is 0.304 e. The monoisotopic (exact) mass is 448 g/mol. The molecule has 0 fully saturated rings. The molecule has 3 aromatic carbocycles. The molecule has 0 saturated heterocycles. The van der Waals surface area contributed by atoms with Crippen LogP contribution in [-0.2, 0) is 11.2 Å². The molecule has 0 aliphatic carbocycles. The van der Waals surface area contributed by atoms with Crippen LogP contribution in [0.2, 0.25) is 0 Å². The van der Waals surface area contributed by atoms with Crippen LogP contribution < -0.4 is 0 Å². The number of thiophene rings is 1. The minimum Gasteiger partial charge on any atom is -0.481 e. The first-order valence-electron chi connectivity index (χ1n) is 10.7. The lowest BCUT2D eigenvalue weighted by molar-refractivity contribution is -0.137. The number of aliphatic carboxylic acids is 1. The van der Waals surface area contributed by atoms with Crippen molar-refractivity contribution in [2.24, 2.45) is 0 Å². The number of pyridine rings is 1. The van der Waals surface area contributed by atoms with Crippen molar-refractivity contribution in [3.63, 3.8) is 0 Å². The second-order valence-corrected chi connectivity index (χ2v) is 9.14. The van der Waals surface area contributed by atoms with Crippen molar-refractivity contribution in [2.75, 3.05) is 0 Å². The van der Waals surface area contributed by atoms with Crippen LogP contribution in [-0.4, -0.2) is 16.1 Å². The van der Waals surface area contributed by atoms with E-state index in [2.05, 4.69) is 17.1 Å². The Morgan fingerprint density at radius 3 is 2.48 bits per heavy atom. The van der Waals surface area contributed by atoms with Gasteiger partial charge in [-0.05, 0) is 35.1 Å². The van der Waals surface area contributed by atoms with E-state index in [0.717, 1.165) is 42.4 Å². The molecule has 5 heteroatoms. The van der Waals surface area contributed by atoms with Crippen molar-refractivity contribution < 1.29 is 9.90 Å². The number of carboxylic acids is 1. The number of aromatic nitrogens is 1. The third-order valence-corrected chi connectivity index (χ3v) is 7.27. The van der Waals surface area contributed by atoms with Crippen LogP contribution in [0, 0.1) is 11.3 Å². The molecule has 0 aliphatic heterocycles. The minimum absolute atomic E-state index is 0.0737. The summed E-state index contributed by atoms with van der Waals surface area (Å²) in [7, 11) is 0. The van der Waals surface area contributed by atoms with Crippen LogP contribution in [0.5, 0.6) is 0 Å². The number of nitriles is 1. The SMILES string of the molecule is N#Cc1ccc(-c2cncc3cc([C@@H](CC(=O)O)Cc4ccccc4)sc23)c2ccccc12. The van der Waals surface area contributed by atoms with E-state index >= 15 is 0 Å². The Bertz CT molecular complexity index is 1520. The summed E-state index contributed by atoms with van der Waals surface area (Å²) < 4.78 is 1.08. The highest BCUT2D eigenvalue weighted by Gasteiger charge is 2.21. The molecule has 0 saturated carbocycles. The summed E-state index contributed by atoms with van der Waals surface area (Å²) in [5.41, 5.74) is 3.79. The van der Waals surface area contributed by atoms with Crippen molar-refractivity contribution in [3.8, 4) is 17.2 Å². The maximum Gasteiger partial charge on any atom is 0.304 e. The van der Waals surface area contributed by atoms with Gasteiger partial charge in [0.25, 0.3) is 0 Å². The average Bonchev–Trinajstić information content (AvgIpc) is 3.28. The Morgan fingerprint density at radius 2 is 1.73 bits per heavy atom. The standard InChI is InChI=1S/C28H20N2O2S/c29-15-19-10-11-24(23-9-5-4-8-22(19)23)25-17-30-16-21-13-26(33-28(21)25)20(14-27(31)32)12-18-6-2-1-3-7-18/h1-11,13,16-17,20H,12,14H2,(H,31,32)/t20-/m1/s1. The Hall–Kier alpha value is -4.01. The predicted molar refractivity (Wildman–Crippen MR) is 132 cm³/mol. The van der Waals surface area contributed by atoms with Crippen molar-refractivity contribution in [2.45, 2.75) is 18.8 Å². The summed E-state index contributed by atoms with van der Waals surface area (Å²) in [5.74, 6) is -0.919. The topological polar surface area (TPSA) is 74.0 Å². The maximum atomic E-state index is 11.6. The number of nitrogens with zero attached hydrogens (tertiary/aromatic N) is 2. The van der Waals surface area contributed by atoms with E-state index in [-0.39, 0.29) is 12.3 Å². The van der Waals surface area contributed by atoms with Gasteiger partial charge in [-0.3, -0.25) is 9.78 Å². The van der Waals surface area contributed by atoms with E-state index in [1.807, 2.05) is 79.1 Å². The van der Waals surface area contributed by atoms with Gasteiger partial charge in [-0.1, -0.05) is 60.7 Å². The first-order valence-corrected chi connectivity index (χ1v) is 11.5. The highest BCUT2D eigenvalue weighted by atomic mass is 32.1. The fraction of sp³-hybridized carbons (Fsp3) is 0.107. The van der Waals surface area contributed by atoms with Crippen molar-refractivity contribution >= 4 is 38.2 Å². The van der Waals surface area contributed by atoms with E-state index in [0.29, 0.717) is 12.0 Å². The highest BCUT2D eigenvalue weighted by Crippen LogP contribution is 2.41. The van der Waals surface area contributed by atoms with Gasteiger partial charge in [0.15, 0.2) is 0 Å². The predicted octanol–water partition coefficient (Wildman–Crippen LogP) is 6.79. The second kappa shape index (κ2) is 8.85. The van der Waals surface area contributed by atoms with Crippen LogP contribution in [0.4, 0.5) is 0 Å². The number of benzene rings is 3. The Morgan fingerprint density at radius 1 is 0.970 bits per heavy atom. The molecule has 1 N–H and O–H groups in total. The molecule has 4 nitrogen and oxygen atoms in total. The van der Waals surface area contributed by atoms with Gasteiger partial charge in [0.05, 0.1) is 18.1 Å². The second-order valence-electron chi connectivity index (χ2n) is 8.06. The lowest BCUT2D eigenvalue weighted by Crippen LogP contribution is -2.08. The number of hydrogen-bond donors (Lipinski definition) is 1. The molecular formula is C28H20N2O2S. The number of fused-ring (bicyclic) bond motifs is 2. The van der Waals surface area contributed by atoms with Gasteiger partial charge in [0, 0.05) is 44.2 Å². The summed E-state index contributed by atoms with van der Waals surface area (Å²) in [6.45, 7) is 0.